The van der Waals surface area contributed by atoms with E-state index < -0.39 is 0 Å². The van der Waals surface area contributed by atoms with Crippen molar-refractivity contribution in [3.05, 3.63) is 63.2 Å². The summed E-state index contributed by atoms with van der Waals surface area (Å²) in [6.45, 7) is 2.34. The van der Waals surface area contributed by atoms with E-state index in [0.717, 1.165) is 22.2 Å². The predicted molar refractivity (Wildman–Crippen MR) is 107 cm³/mol. The van der Waals surface area contributed by atoms with Crippen LogP contribution in [0.2, 0.25) is 0 Å². The van der Waals surface area contributed by atoms with E-state index in [0.29, 0.717) is 22.8 Å². The van der Waals surface area contributed by atoms with Crippen molar-refractivity contribution in [2.24, 2.45) is 0 Å². The first-order chi connectivity index (χ1) is 12.1. The molecule has 0 saturated carbocycles. The Bertz CT molecular complexity index is 965. The molecule has 0 radical (unpaired) electrons. The zero-order valence-electron chi connectivity index (χ0n) is 13.9. The second kappa shape index (κ2) is 6.93. The van der Waals surface area contributed by atoms with E-state index in [1.54, 1.807) is 6.07 Å². The van der Waals surface area contributed by atoms with Gasteiger partial charge < -0.3 is 9.15 Å². The molecular weight excluding hydrogens is 399 g/mol. The van der Waals surface area contributed by atoms with Gasteiger partial charge in [-0.3, -0.25) is 4.79 Å². The molecule has 1 saturated heterocycles. The van der Waals surface area contributed by atoms with E-state index in [-0.39, 0.29) is 13.4 Å². The van der Waals surface area contributed by atoms with Crippen molar-refractivity contribution in [2.45, 2.75) is 12.5 Å². The van der Waals surface area contributed by atoms with Crippen LogP contribution in [0.5, 0.6) is 5.75 Å². The SMILES string of the molecule is CP1CCC(Oc2ccc(-c3cc(=O)c4c(Br)cccc4o3)cc2)C1. The Labute approximate surface area is 155 Å². The van der Waals surface area contributed by atoms with Crippen LogP contribution in [-0.2, 0) is 0 Å². The summed E-state index contributed by atoms with van der Waals surface area (Å²) >= 11 is 3.41. The molecule has 1 aliphatic heterocycles. The van der Waals surface area contributed by atoms with Gasteiger partial charge in [0.25, 0.3) is 0 Å². The molecule has 0 N–H and O–H groups in total. The molecule has 3 nitrogen and oxygen atoms in total. The van der Waals surface area contributed by atoms with E-state index >= 15 is 0 Å². The smallest absolute Gasteiger partial charge is 0.194 e. The largest absolute Gasteiger partial charge is 0.490 e. The second-order valence-electron chi connectivity index (χ2n) is 6.40. The molecule has 2 atom stereocenters. The van der Waals surface area contributed by atoms with Crippen molar-refractivity contribution < 1.29 is 9.15 Å². The number of hydrogen-bond donors (Lipinski definition) is 0. The fraction of sp³-hybridized carbons (Fsp3) is 0.250. The Morgan fingerprint density at radius 3 is 2.72 bits per heavy atom. The van der Waals surface area contributed by atoms with E-state index in [4.69, 9.17) is 9.15 Å². The summed E-state index contributed by atoms with van der Waals surface area (Å²) in [5.41, 5.74) is 1.40. The molecule has 128 valence electrons. The van der Waals surface area contributed by atoms with Crippen molar-refractivity contribution in [3.63, 3.8) is 0 Å². The van der Waals surface area contributed by atoms with Crippen LogP contribution >= 0.6 is 23.9 Å². The number of fused-ring (bicyclic) bond motifs is 1. The van der Waals surface area contributed by atoms with Gasteiger partial charge in [0.2, 0.25) is 0 Å². The zero-order chi connectivity index (χ0) is 17.4. The summed E-state index contributed by atoms with van der Waals surface area (Å²) in [6, 6.07) is 14.9. The molecular formula is C20H18BrO3P. The van der Waals surface area contributed by atoms with E-state index in [1.807, 2.05) is 42.5 Å². The standard InChI is InChI=1S/C20H18BrO3P/c1-25-10-9-15(12-25)23-14-7-5-13(6-8-14)19-11-17(22)20-16(21)3-2-4-18(20)24-19/h2-8,11,15H,9-10,12H2,1H3. The number of rotatable bonds is 3. The highest BCUT2D eigenvalue weighted by molar-refractivity contribution is 9.10. The van der Waals surface area contributed by atoms with E-state index in [2.05, 4.69) is 22.6 Å². The first kappa shape index (κ1) is 16.8. The van der Waals surface area contributed by atoms with Crippen molar-refractivity contribution in [1.29, 1.82) is 0 Å². The van der Waals surface area contributed by atoms with Gasteiger partial charge >= 0.3 is 0 Å². The molecule has 5 heteroatoms. The van der Waals surface area contributed by atoms with Crippen LogP contribution in [0.15, 0.2) is 62.2 Å². The Hall–Kier alpha value is -1.64. The topological polar surface area (TPSA) is 39.4 Å². The van der Waals surface area contributed by atoms with Crippen molar-refractivity contribution >= 4 is 34.8 Å². The summed E-state index contributed by atoms with van der Waals surface area (Å²) in [4.78, 5) is 12.4. The first-order valence-electron chi connectivity index (χ1n) is 8.28. The Morgan fingerprint density at radius 1 is 1.20 bits per heavy atom. The van der Waals surface area contributed by atoms with Crippen molar-refractivity contribution in [1.82, 2.24) is 0 Å². The number of ether oxygens (including phenoxy) is 1. The molecule has 0 spiro atoms. The van der Waals surface area contributed by atoms with Crippen LogP contribution in [0.25, 0.3) is 22.3 Å². The number of halogens is 1. The molecule has 0 amide bonds. The Balaban J connectivity index is 1.62. The lowest BCUT2D eigenvalue weighted by molar-refractivity contribution is 0.229. The number of benzene rings is 2. The molecule has 2 aromatic carbocycles. The van der Waals surface area contributed by atoms with Gasteiger partial charge in [0, 0.05) is 22.3 Å². The van der Waals surface area contributed by atoms with E-state index in [9.17, 15) is 4.79 Å². The summed E-state index contributed by atoms with van der Waals surface area (Å²) in [5, 5.41) is 0.573. The average Bonchev–Trinajstić information content (AvgIpc) is 3.00. The molecule has 0 aliphatic carbocycles. The minimum atomic E-state index is -0.0497. The third-order valence-corrected chi connectivity index (χ3v) is 7.21. The minimum Gasteiger partial charge on any atom is -0.490 e. The van der Waals surface area contributed by atoms with Crippen LogP contribution in [-0.4, -0.2) is 25.1 Å². The molecule has 1 aliphatic rings. The maximum absolute atomic E-state index is 12.4. The van der Waals surface area contributed by atoms with Gasteiger partial charge in [-0.15, -0.1) is 7.92 Å². The third kappa shape index (κ3) is 3.51. The number of hydrogen-bond acceptors (Lipinski definition) is 3. The molecule has 0 bridgehead atoms. The fourth-order valence-corrected chi connectivity index (χ4v) is 5.60. The fourth-order valence-electron chi connectivity index (χ4n) is 3.19. The lowest BCUT2D eigenvalue weighted by Crippen LogP contribution is -2.14. The van der Waals surface area contributed by atoms with Crippen molar-refractivity contribution in [3.8, 4) is 17.1 Å². The van der Waals surface area contributed by atoms with Gasteiger partial charge in [0.1, 0.15) is 23.2 Å². The summed E-state index contributed by atoms with van der Waals surface area (Å²) in [7, 11) is 0.155. The summed E-state index contributed by atoms with van der Waals surface area (Å²) < 4.78 is 12.7. The van der Waals surface area contributed by atoms with E-state index in [1.165, 1.54) is 12.3 Å². The lowest BCUT2D eigenvalue weighted by atomic mass is 10.1. The van der Waals surface area contributed by atoms with Gasteiger partial charge in [0.05, 0.1) is 5.39 Å². The molecule has 1 aromatic heterocycles. The highest BCUT2D eigenvalue weighted by Crippen LogP contribution is 2.40. The highest BCUT2D eigenvalue weighted by Gasteiger charge is 2.22. The molecule has 2 heterocycles. The van der Waals surface area contributed by atoms with Gasteiger partial charge in [0.15, 0.2) is 5.43 Å². The van der Waals surface area contributed by atoms with Gasteiger partial charge in [-0.1, -0.05) is 6.07 Å². The maximum atomic E-state index is 12.4. The van der Waals surface area contributed by atoms with Crippen molar-refractivity contribution in [2.75, 3.05) is 19.0 Å². The first-order valence-corrected chi connectivity index (χ1v) is 11.2. The van der Waals surface area contributed by atoms with Gasteiger partial charge in [-0.05, 0) is 71.6 Å². The van der Waals surface area contributed by atoms with Crippen LogP contribution in [0.1, 0.15) is 6.42 Å². The van der Waals surface area contributed by atoms with Gasteiger partial charge in [-0.2, -0.15) is 0 Å². The highest BCUT2D eigenvalue weighted by atomic mass is 79.9. The average molecular weight is 417 g/mol. The molecule has 1 fully saturated rings. The Morgan fingerprint density at radius 2 is 2.00 bits per heavy atom. The minimum absolute atomic E-state index is 0.0497. The third-order valence-electron chi connectivity index (χ3n) is 4.49. The van der Waals surface area contributed by atoms with Crippen LogP contribution < -0.4 is 10.2 Å². The molecule has 4 rings (SSSR count). The van der Waals surface area contributed by atoms with Gasteiger partial charge in [-0.25, -0.2) is 0 Å². The van der Waals surface area contributed by atoms with Crippen LogP contribution in [0.3, 0.4) is 0 Å². The molecule has 3 aromatic rings. The van der Waals surface area contributed by atoms with Crippen LogP contribution in [0.4, 0.5) is 0 Å². The molecule has 2 unspecified atom stereocenters. The predicted octanol–water partition coefficient (Wildman–Crippen LogP) is 5.49. The summed E-state index contributed by atoms with van der Waals surface area (Å²) in [5.74, 6) is 1.45. The quantitative estimate of drug-likeness (QED) is 0.530. The summed E-state index contributed by atoms with van der Waals surface area (Å²) in [6.07, 6.45) is 3.98. The van der Waals surface area contributed by atoms with Crippen LogP contribution in [0, 0.1) is 0 Å². The normalized spacial score (nSPS) is 20.1. The molecule has 25 heavy (non-hydrogen) atoms. The lowest BCUT2D eigenvalue weighted by Gasteiger charge is -2.13. The second-order valence-corrected chi connectivity index (χ2v) is 9.78. The zero-order valence-corrected chi connectivity index (χ0v) is 16.3. The monoisotopic (exact) mass is 416 g/mol. The Kier molecular flexibility index (Phi) is 4.66. The maximum Gasteiger partial charge on any atom is 0.194 e.